The highest BCUT2D eigenvalue weighted by atomic mass is 16.6. The van der Waals surface area contributed by atoms with E-state index >= 15 is 0 Å². The van der Waals surface area contributed by atoms with Gasteiger partial charge in [-0.15, -0.1) is 0 Å². The normalized spacial score (nSPS) is 15.8. The second-order valence-corrected chi connectivity index (χ2v) is 8.55. The summed E-state index contributed by atoms with van der Waals surface area (Å²) in [5, 5.41) is 0. The first-order valence-electron chi connectivity index (χ1n) is 10.8. The molecule has 0 aromatic heterocycles. The monoisotopic (exact) mass is 440 g/mol. The quantitative estimate of drug-likeness (QED) is 0.578. The number of rotatable bonds is 7. The molecule has 1 fully saturated rings. The molecule has 0 spiro atoms. The molecule has 0 unspecified atom stereocenters. The summed E-state index contributed by atoms with van der Waals surface area (Å²) in [5.74, 6) is 0.468. The lowest BCUT2D eigenvalue weighted by Gasteiger charge is -2.28. The van der Waals surface area contributed by atoms with Crippen molar-refractivity contribution in [3.8, 4) is 28.4 Å². The lowest BCUT2D eigenvalue weighted by Crippen LogP contribution is -2.41. The van der Waals surface area contributed by atoms with Crippen LogP contribution < -0.4 is 14.2 Å². The lowest BCUT2D eigenvalue weighted by atomic mass is 9.98. The fraction of sp³-hybridized carbons (Fsp3) is 0.440. The Labute approximate surface area is 187 Å². The molecule has 1 aliphatic carbocycles. The Hall–Kier alpha value is -3.22. The molecule has 0 atom stereocenters. The van der Waals surface area contributed by atoms with Crippen molar-refractivity contribution in [2.75, 3.05) is 14.2 Å². The van der Waals surface area contributed by atoms with Crippen LogP contribution in [0.5, 0.6) is 17.2 Å². The predicted octanol–water partition coefficient (Wildman–Crippen LogP) is 4.68. The maximum atomic E-state index is 12.9. The van der Waals surface area contributed by atoms with E-state index in [1.807, 2.05) is 18.2 Å². The van der Waals surface area contributed by atoms with Crippen LogP contribution in [0.1, 0.15) is 55.5 Å². The summed E-state index contributed by atoms with van der Waals surface area (Å²) in [6.07, 6.45) is 3.83. The average molecular weight is 440 g/mol. The lowest BCUT2D eigenvalue weighted by molar-refractivity contribution is -0.164. The van der Waals surface area contributed by atoms with Gasteiger partial charge in [0, 0.05) is 11.1 Å². The Morgan fingerprint density at radius 1 is 1.00 bits per heavy atom. The molecule has 7 heteroatoms. The smallest absolute Gasteiger partial charge is 0.350 e. The van der Waals surface area contributed by atoms with Gasteiger partial charge in [-0.2, -0.15) is 0 Å². The van der Waals surface area contributed by atoms with E-state index in [1.54, 1.807) is 33.1 Å². The molecule has 2 aromatic rings. The minimum absolute atomic E-state index is 0.0636. The van der Waals surface area contributed by atoms with Gasteiger partial charge >= 0.3 is 11.9 Å². The Balaban J connectivity index is 1.72. The Kier molecular flexibility index (Phi) is 6.00. The second-order valence-electron chi connectivity index (χ2n) is 8.55. The Morgan fingerprint density at radius 2 is 1.72 bits per heavy atom. The number of cyclic esters (lactones) is 1. The van der Waals surface area contributed by atoms with Gasteiger partial charge in [-0.3, -0.25) is 0 Å². The Morgan fingerprint density at radius 3 is 2.41 bits per heavy atom. The van der Waals surface area contributed by atoms with E-state index in [1.165, 1.54) is 7.11 Å². The Bertz CT molecular complexity index is 1030. The molecule has 4 rings (SSSR count). The van der Waals surface area contributed by atoms with Crippen LogP contribution in [0.4, 0.5) is 0 Å². The maximum absolute atomic E-state index is 12.9. The summed E-state index contributed by atoms with van der Waals surface area (Å²) >= 11 is 0. The fourth-order valence-electron chi connectivity index (χ4n) is 4.12. The van der Waals surface area contributed by atoms with Crippen LogP contribution in [-0.2, 0) is 20.9 Å². The largest absolute Gasteiger partial charge is 0.493 e. The number of hydrogen-bond acceptors (Lipinski definition) is 7. The van der Waals surface area contributed by atoms with Gasteiger partial charge in [0.05, 0.1) is 19.8 Å². The number of carbonyl (C=O) groups excluding carboxylic acids is 2. The number of esters is 2. The third-order valence-corrected chi connectivity index (χ3v) is 5.92. The van der Waals surface area contributed by atoms with Crippen LogP contribution >= 0.6 is 0 Å². The standard InChI is InChI=1S/C25H28O7/c1-25(2,24(27)31-17-7-5-6-8-17)32-21-18(11-12-20(28-3)22(21)29-4)15-9-10-19-16(13-15)14-30-23(19)26/h9-13,17H,5-8,14H2,1-4H3. The van der Waals surface area contributed by atoms with Gasteiger partial charge in [0.25, 0.3) is 0 Å². The van der Waals surface area contributed by atoms with Crippen LogP contribution in [0, 0.1) is 0 Å². The molecule has 0 radical (unpaired) electrons. The van der Waals surface area contributed by atoms with Gasteiger partial charge in [0.1, 0.15) is 12.7 Å². The van der Waals surface area contributed by atoms with Crippen LogP contribution in [-0.4, -0.2) is 37.9 Å². The average Bonchev–Trinajstić information content (AvgIpc) is 3.42. The van der Waals surface area contributed by atoms with Crippen molar-refractivity contribution in [1.82, 2.24) is 0 Å². The van der Waals surface area contributed by atoms with Crippen LogP contribution in [0.15, 0.2) is 30.3 Å². The number of fused-ring (bicyclic) bond motifs is 1. The van der Waals surface area contributed by atoms with Gasteiger partial charge in [-0.1, -0.05) is 6.07 Å². The molecule has 7 nitrogen and oxygen atoms in total. The number of benzene rings is 2. The number of hydrogen-bond donors (Lipinski definition) is 0. The van der Waals surface area contributed by atoms with E-state index in [4.69, 9.17) is 23.7 Å². The van der Waals surface area contributed by atoms with Crippen molar-refractivity contribution < 1.29 is 33.3 Å². The summed E-state index contributed by atoms with van der Waals surface area (Å²) in [6, 6.07) is 9.07. The first-order valence-corrected chi connectivity index (χ1v) is 10.8. The maximum Gasteiger partial charge on any atom is 0.350 e. The van der Waals surface area contributed by atoms with Crippen LogP contribution in [0.3, 0.4) is 0 Å². The fourth-order valence-corrected chi connectivity index (χ4v) is 4.12. The summed E-state index contributed by atoms with van der Waals surface area (Å²) < 4.78 is 28.2. The minimum atomic E-state index is -1.26. The van der Waals surface area contributed by atoms with Gasteiger partial charge in [0.15, 0.2) is 17.1 Å². The topological polar surface area (TPSA) is 80.3 Å². The SMILES string of the molecule is COc1ccc(-c2ccc3c(c2)COC3=O)c(OC(C)(C)C(=O)OC2CCCC2)c1OC. The van der Waals surface area contributed by atoms with Gasteiger partial charge in [-0.25, -0.2) is 9.59 Å². The molecule has 0 saturated heterocycles. The summed E-state index contributed by atoms with van der Waals surface area (Å²) in [4.78, 5) is 24.8. The molecule has 1 saturated carbocycles. The van der Waals surface area contributed by atoms with Gasteiger partial charge in [-0.05, 0) is 69.4 Å². The highest BCUT2D eigenvalue weighted by Crippen LogP contribution is 2.46. The van der Waals surface area contributed by atoms with Crippen molar-refractivity contribution in [3.63, 3.8) is 0 Å². The zero-order chi connectivity index (χ0) is 22.9. The number of ether oxygens (including phenoxy) is 5. The zero-order valence-corrected chi connectivity index (χ0v) is 18.9. The summed E-state index contributed by atoms with van der Waals surface area (Å²) in [7, 11) is 3.06. The van der Waals surface area contributed by atoms with Crippen molar-refractivity contribution in [2.24, 2.45) is 0 Å². The molecule has 0 bridgehead atoms. The van der Waals surface area contributed by atoms with Crippen LogP contribution in [0.25, 0.3) is 11.1 Å². The molecular weight excluding hydrogens is 412 g/mol. The third kappa shape index (κ3) is 4.11. The van der Waals surface area contributed by atoms with Crippen molar-refractivity contribution in [2.45, 2.75) is 57.8 Å². The molecular formula is C25H28O7. The van der Waals surface area contributed by atoms with Crippen molar-refractivity contribution in [1.29, 1.82) is 0 Å². The molecule has 1 heterocycles. The van der Waals surface area contributed by atoms with E-state index in [9.17, 15) is 9.59 Å². The molecule has 2 aliphatic rings. The van der Waals surface area contributed by atoms with E-state index in [0.29, 0.717) is 28.4 Å². The molecule has 0 amide bonds. The van der Waals surface area contributed by atoms with E-state index in [-0.39, 0.29) is 18.7 Å². The van der Waals surface area contributed by atoms with E-state index < -0.39 is 11.6 Å². The van der Waals surface area contributed by atoms with Crippen LogP contribution in [0.2, 0.25) is 0 Å². The van der Waals surface area contributed by atoms with Gasteiger partial charge in [0.2, 0.25) is 5.75 Å². The zero-order valence-electron chi connectivity index (χ0n) is 18.9. The first-order chi connectivity index (χ1) is 15.3. The summed E-state index contributed by atoms with van der Waals surface area (Å²) in [6.45, 7) is 3.59. The molecule has 1 aliphatic heterocycles. The first kappa shape index (κ1) is 22.0. The second kappa shape index (κ2) is 8.73. The van der Waals surface area contributed by atoms with E-state index in [0.717, 1.165) is 36.8 Å². The minimum Gasteiger partial charge on any atom is -0.493 e. The van der Waals surface area contributed by atoms with E-state index in [2.05, 4.69) is 0 Å². The van der Waals surface area contributed by atoms with Crippen molar-refractivity contribution in [3.05, 3.63) is 41.5 Å². The summed E-state index contributed by atoms with van der Waals surface area (Å²) in [5.41, 5.74) is 1.60. The number of methoxy groups -OCH3 is 2. The molecule has 170 valence electrons. The third-order valence-electron chi connectivity index (χ3n) is 5.92. The van der Waals surface area contributed by atoms with Gasteiger partial charge < -0.3 is 23.7 Å². The molecule has 32 heavy (non-hydrogen) atoms. The highest BCUT2D eigenvalue weighted by molar-refractivity contribution is 5.94. The number of carbonyl (C=O) groups is 2. The molecule has 2 aromatic carbocycles. The molecule has 0 N–H and O–H groups in total. The highest BCUT2D eigenvalue weighted by Gasteiger charge is 2.37. The predicted molar refractivity (Wildman–Crippen MR) is 117 cm³/mol. The van der Waals surface area contributed by atoms with Crippen molar-refractivity contribution >= 4 is 11.9 Å².